The van der Waals surface area contributed by atoms with Crippen LogP contribution in [0.5, 0.6) is 0 Å². The Morgan fingerprint density at radius 1 is 1.00 bits per heavy atom. The molecule has 0 radical (unpaired) electrons. The van der Waals surface area contributed by atoms with Crippen molar-refractivity contribution in [1.82, 2.24) is 25.0 Å². The molecule has 0 amide bonds. The summed E-state index contributed by atoms with van der Waals surface area (Å²) < 4.78 is 29.1. The average molecular weight is 453 g/mol. The lowest BCUT2D eigenvalue weighted by Gasteiger charge is -2.39. The second-order valence-electron chi connectivity index (χ2n) is 9.29. The molecular formula is C23H26F2N8. The van der Waals surface area contributed by atoms with Crippen molar-refractivity contribution < 1.29 is 8.78 Å². The van der Waals surface area contributed by atoms with Gasteiger partial charge in [0.1, 0.15) is 0 Å². The molecule has 3 atom stereocenters. The number of halogens is 2. The van der Waals surface area contributed by atoms with E-state index in [9.17, 15) is 8.78 Å². The third kappa shape index (κ3) is 3.67. The van der Waals surface area contributed by atoms with Crippen molar-refractivity contribution in [1.29, 1.82) is 0 Å². The zero-order valence-corrected chi connectivity index (χ0v) is 18.5. The first-order valence-corrected chi connectivity index (χ1v) is 11.5. The largest absolute Gasteiger partial charge is 0.369 e. The predicted molar refractivity (Wildman–Crippen MR) is 121 cm³/mol. The average Bonchev–Trinajstić information content (AvgIpc) is 3.31. The molecule has 1 aromatic carbocycles. The number of nitrogens with one attached hydrogen (secondary N) is 1. The number of rotatable bonds is 4. The Hall–Kier alpha value is -3.30. The second kappa shape index (κ2) is 7.93. The first-order valence-electron chi connectivity index (χ1n) is 11.5. The third-order valence-electron chi connectivity index (χ3n) is 7.12. The smallest absolute Gasteiger partial charge is 0.244 e. The minimum absolute atomic E-state index is 0.318. The Bertz CT molecular complexity index is 1170. The number of hydrogen-bond donors (Lipinski definition) is 1. The summed E-state index contributed by atoms with van der Waals surface area (Å²) >= 11 is 0. The summed E-state index contributed by atoms with van der Waals surface area (Å²) in [5, 5.41) is 16.5. The highest BCUT2D eigenvalue weighted by Crippen LogP contribution is 2.40. The summed E-state index contributed by atoms with van der Waals surface area (Å²) in [5.41, 5.74) is 2.65. The van der Waals surface area contributed by atoms with Crippen LogP contribution in [0.4, 0.5) is 32.1 Å². The van der Waals surface area contributed by atoms with Crippen LogP contribution in [0.2, 0.25) is 0 Å². The highest BCUT2D eigenvalue weighted by Gasteiger charge is 2.43. The van der Waals surface area contributed by atoms with E-state index in [2.05, 4.69) is 26.5 Å². The van der Waals surface area contributed by atoms with Gasteiger partial charge in [0.2, 0.25) is 11.9 Å². The number of piperidine rings is 1. The van der Waals surface area contributed by atoms with Gasteiger partial charge in [0.15, 0.2) is 11.6 Å². The lowest BCUT2D eigenvalue weighted by Crippen LogP contribution is -2.48. The number of benzene rings is 1. The van der Waals surface area contributed by atoms with Gasteiger partial charge in [-0.15, -0.1) is 5.10 Å². The molecule has 1 N–H and O–H groups in total. The Labute approximate surface area is 190 Å². The van der Waals surface area contributed by atoms with Crippen molar-refractivity contribution in [3.8, 4) is 0 Å². The summed E-state index contributed by atoms with van der Waals surface area (Å²) in [6.07, 6.45) is 5.05. The molecule has 0 spiro atoms. The topological polar surface area (TPSA) is 75.0 Å². The molecule has 4 heterocycles. The van der Waals surface area contributed by atoms with Crippen molar-refractivity contribution in [3.05, 3.63) is 47.8 Å². The molecule has 2 bridgehead atoms. The van der Waals surface area contributed by atoms with Crippen LogP contribution in [0.15, 0.2) is 30.5 Å². The normalized spacial score (nSPS) is 24.2. The summed E-state index contributed by atoms with van der Waals surface area (Å²) in [6, 6.07) is 6.38. The van der Waals surface area contributed by atoms with Crippen molar-refractivity contribution >= 4 is 23.3 Å². The van der Waals surface area contributed by atoms with E-state index in [1.54, 1.807) is 6.07 Å². The van der Waals surface area contributed by atoms with Crippen molar-refractivity contribution in [2.24, 2.45) is 11.8 Å². The maximum atomic E-state index is 13.8. The van der Waals surface area contributed by atoms with Gasteiger partial charge in [-0.25, -0.2) is 13.5 Å². The molecule has 2 unspecified atom stereocenters. The third-order valence-corrected chi connectivity index (χ3v) is 7.12. The highest BCUT2D eigenvalue weighted by atomic mass is 19.2. The summed E-state index contributed by atoms with van der Waals surface area (Å²) in [5.74, 6) is 0.568. The van der Waals surface area contributed by atoms with Gasteiger partial charge in [0, 0.05) is 44.0 Å². The molecule has 1 saturated carbocycles. The van der Waals surface area contributed by atoms with Crippen LogP contribution in [-0.4, -0.2) is 50.6 Å². The van der Waals surface area contributed by atoms with E-state index in [-0.39, 0.29) is 0 Å². The lowest BCUT2D eigenvalue weighted by molar-refractivity contribution is 0.376. The molecule has 2 fully saturated rings. The van der Waals surface area contributed by atoms with Crippen LogP contribution >= 0.6 is 0 Å². The molecule has 33 heavy (non-hydrogen) atoms. The van der Waals surface area contributed by atoms with Gasteiger partial charge in [0.05, 0.1) is 17.6 Å². The van der Waals surface area contributed by atoms with E-state index in [0.717, 1.165) is 43.5 Å². The standard InChI is InChI=1S/C23H26F2N8/c1-14-9-18(11-26-29-14)31-12-15-3-4-16(13-31)21(15)27-22-28-23-32(7-2-8-33(23)30-22)17-5-6-19(24)20(25)10-17/h5-6,9-11,15-16,21H,2-4,7-8,12-13H2,1H3,(H,27,30)/t15-,16?,21?/m0/s1. The van der Waals surface area contributed by atoms with Crippen LogP contribution in [0, 0.1) is 30.4 Å². The Morgan fingerprint density at radius 2 is 1.82 bits per heavy atom. The summed E-state index contributed by atoms with van der Waals surface area (Å²) in [6.45, 7) is 5.34. The summed E-state index contributed by atoms with van der Waals surface area (Å²) in [7, 11) is 0. The van der Waals surface area contributed by atoms with Crippen LogP contribution in [-0.2, 0) is 6.54 Å². The Kier molecular flexibility index (Phi) is 4.88. The second-order valence-corrected chi connectivity index (χ2v) is 9.29. The fraction of sp³-hybridized carbons (Fsp3) is 0.478. The van der Waals surface area contributed by atoms with E-state index in [1.165, 1.54) is 18.9 Å². The van der Waals surface area contributed by atoms with Gasteiger partial charge in [-0.1, -0.05) is 0 Å². The molecule has 8 nitrogen and oxygen atoms in total. The van der Waals surface area contributed by atoms with E-state index in [4.69, 9.17) is 10.1 Å². The van der Waals surface area contributed by atoms with Crippen LogP contribution in [0.1, 0.15) is 25.0 Å². The number of aryl methyl sites for hydroxylation is 2. The maximum absolute atomic E-state index is 13.8. The SMILES string of the molecule is Cc1cc(N2CC3CC[C@@H](C2)C3Nc2nc3n(n2)CCCN3c2ccc(F)c(F)c2)cnn1. The molecule has 2 aromatic heterocycles. The summed E-state index contributed by atoms with van der Waals surface area (Å²) in [4.78, 5) is 9.08. The highest BCUT2D eigenvalue weighted by molar-refractivity contribution is 5.59. The fourth-order valence-corrected chi connectivity index (χ4v) is 5.57. The number of aromatic nitrogens is 5. The predicted octanol–water partition coefficient (Wildman–Crippen LogP) is 3.52. The first kappa shape index (κ1) is 20.3. The molecule has 3 aliphatic rings. The minimum atomic E-state index is -0.856. The molecule has 172 valence electrons. The minimum Gasteiger partial charge on any atom is -0.369 e. The zero-order chi connectivity index (χ0) is 22.5. The zero-order valence-electron chi connectivity index (χ0n) is 18.5. The molecule has 10 heteroatoms. The maximum Gasteiger partial charge on any atom is 0.244 e. The van der Waals surface area contributed by atoms with Gasteiger partial charge in [-0.2, -0.15) is 15.2 Å². The number of fused-ring (bicyclic) bond motifs is 3. The molecule has 3 aromatic rings. The van der Waals surface area contributed by atoms with E-state index >= 15 is 0 Å². The van der Waals surface area contributed by atoms with Gasteiger partial charge in [-0.3, -0.25) is 0 Å². The molecule has 1 aliphatic carbocycles. The van der Waals surface area contributed by atoms with Crippen molar-refractivity contribution in [2.75, 3.05) is 34.8 Å². The quantitative estimate of drug-likeness (QED) is 0.649. The van der Waals surface area contributed by atoms with Crippen LogP contribution in [0.3, 0.4) is 0 Å². The van der Waals surface area contributed by atoms with Gasteiger partial charge < -0.3 is 15.1 Å². The van der Waals surface area contributed by atoms with Gasteiger partial charge >= 0.3 is 0 Å². The fourth-order valence-electron chi connectivity index (χ4n) is 5.57. The van der Waals surface area contributed by atoms with Crippen molar-refractivity contribution in [3.63, 3.8) is 0 Å². The van der Waals surface area contributed by atoms with E-state index < -0.39 is 11.6 Å². The lowest BCUT2D eigenvalue weighted by atomic mass is 9.92. The van der Waals surface area contributed by atoms with Crippen molar-refractivity contribution in [2.45, 2.75) is 38.8 Å². The first-order chi connectivity index (χ1) is 16.0. The molecule has 6 rings (SSSR count). The molecular weight excluding hydrogens is 426 g/mol. The van der Waals surface area contributed by atoms with Gasteiger partial charge in [-0.05, 0) is 56.2 Å². The van der Waals surface area contributed by atoms with E-state index in [1.807, 2.05) is 22.7 Å². The van der Waals surface area contributed by atoms with Gasteiger partial charge in [0.25, 0.3) is 0 Å². The van der Waals surface area contributed by atoms with Crippen LogP contribution < -0.4 is 15.1 Å². The molecule has 1 saturated heterocycles. The number of hydrogen-bond acceptors (Lipinski definition) is 7. The Morgan fingerprint density at radius 3 is 2.58 bits per heavy atom. The number of nitrogens with zero attached hydrogens (tertiary/aromatic N) is 7. The monoisotopic (exact) mass is 452 g/mol. The number of anilines is 4. The van der Waals surface area contributed by atoms with E-state index in [0.29, 0.717) is 42.0 Å². The Balaban J connectivity index is 1.21. The molecule has 2 aliphatic heterocycles. The van der Waals surface area contributed by atoms with Crippen LogP contribution in [0.25, 0.3) is 0 Å².